The standard InChI is InChI=1S/C12H13BrN2O2/c1-7(2)15-11(12(16)17-3)10-8(13)5-4-6-9(10)14-15/h4-7H,1-3H3. The number of aromatic nitrogens is 2. The molecule has 0 amide bonds. The smallest absolute Gasteiger partial charge is 0.357 e. The maximum atomic E-state index is 11.9. The number of halogens is 1. The van der Waals surface area contributed by atoms with Crippen LogP contribution in [0.3, 0.4) is 0 Å². The van der Waals surface area contributed by atoms with Crippen LogP contribution in [0.4, 0.5) is 0 Å². The van der Waals surface area contributed by atoms with Gasteiger partial charge in [-0.05, 0) is 26.0 Å². The maximum Gasteiger partial charge on any atom is 0.357 e. The molecule has 0 bridgehead atoms. The lowest BCUT2D eigenvalue weighted by Crippen LogP contribution is -2.13. The van der Waals surface area contributed by atoms with E-state index in [-0.39, 0.29) is 12.0 Å². The van der Waals surface area contributed by atoms with Gasteiger partial charge in [0.25, 0.3) is 0 Å². The fraction of sp³-hybridized carbons (Fsp3) is 0.333. The van der Waals surface area contributed by atoms with Crippen molar-refractivity contribution in [3.8, 4) is 0 Å². The Morgan fingerprint density at radius 1 is 1.47 bits per heavy atom. The molecule has 2 rings (SSSR count). The topological polar surface area (TPSA) is 44.1 Å². The summed E-state index contributed by atoms with van der Waals surface area (Å²) < 4.78 is 7.37. The molecule has 2 aromatic rings. The van der Waals surface area contributed by atoms with Gasteiger partial charge in [0.1, 0.15) is 0 Å². The fourth-order valence-electron chi connectivity index (χ4n) is 1.78. The third-order valence-corrected chi connectivity index (χ3v) is 3.20. The van der Waals surface area contributed by atoms with E-state index >= 15 is 0 Å². The van der Waals surface area contributed by atoms with Gasteiger partial charge in [-0.25, -0.2) is 4.79 Å². The van der Waals surface area contributed by atoms with Gasteiger partial charge in [0.05, 0.1) is 12.6 Å². The summed E-state index contributed by atoms with van der Waals surface area (Å²) >= 11 is 3.45. The monoisotopic (exact) mass is 296 g/mol. The van der Waals surface area contributed by atoms with Gasteiger partial charge in [-0.15, -0.1) is 0 Å². The van der Waals surface area contributed by atoms with Gasteiger partial charge in [0.2, 0.25) is 0 Å². The first-order valence-corrected chi connectivity index (χ1v) is 6.10. The van der Waals surface area contributed by atoms with Crippen LogP contribution in [0.2, 0.25) is 0 Å². The van der Waals surface area contributed by atoms with Crippen LogP contribution in [0, 0.1) is 0 Å². The zero-order valence-corrected chi connectivity index (χ0v) is 11.5. The lowest BCUT2D eigenvalue weighted by atomic mass is 10.2. The molecule has 1 aromatic heterocycles. The molecule has 1 aromatic carbocycles. The van der Waals surface area contributed by atoms with Crippen molar-refractivity contribution in [3.05, 3.63) is 28.4 Å². The molecule has 0 aliphatic carbocycles. The Hall–Kier alpha value is -1.36. The van der Waals surface area contributed by atoms with Crippen LogP contribution >= 0.6 is 15.9 Å². The maximum absolute atomic E-state index is 11.9. The summed E-state index contributed by atoms with van der Waals surface area (Å²) in [4.78, 5) is 11.9. The van der Waals surface area contributed by atoms with E-state index < -0.39 is 0 Å². The molecular weight excluding hydrogens is 284 g/mol. The normalized spacial score (nSPS) is 11.1. The van der Waals surface area contributed by atoms with Crippen LogP contribution in [-0.2, 0) is 4.74 Å². The number of ether oxygens (including phenoxy) is 1. The van der Waals surface area contributed by atoms with E-state index in [1.807, 2.05) is 32.0 Å². The van der Waals surface area contributed by atoms with E-state index in [0.717, 1.165) is 15.4 Å². The highest BCUT2D eigenvalue weighted by atomic mass is 79.9. The molecule has 0 unspecified atom stereocenters. The van der Waals surface area contributed by atoms with E-state index in [1.54, 1.807) is 4.68 Å². The Morgan fingerprint density at radius 2 is 2.18 bits per heavy atom. The zero-order valence-electron chi connectivity index (χ0n) is 9.90. The van der Waals surface area contributed by atoms with Crippen LogP contribution in [-0.4, -0.2) is 22.9 Å². The zero-order chi connectivity index (χ0) is 12.6. The van der Waals surface area contributed by atoms with Crippen LogP contribution in [0.25, 0.3) is 10.9 Å². The summed E-state index contributed by atoms with van der Waals surface area (Å²) in [7, 11) is 1.38. The summed E-state index contributed by atoms with van der Waals surface area (Å²) in [5, 5.41) is 5.23. The highest BCUT2D eigenvalue weighted by Gasteiger charge is 2.22. The highest BCUT2D eigenvalue weighted by molar-refractivity contribution is 9.10. The molecule has 90 valence electrons. The summed E-state index contributed by atoms with van der Waals surface area (Å²) in [6.07, 6.45) is 0. The van der Waals surface area contributed by atoms with Gasteiger partial charge in [-0.1, -0.05) is 22.0 Å². The quantitative estimate of drug-likeness (QED) is 0.800. The minimum absolute atomic E-state index is 0.100. The van der Waals surface area contributed by atoms with Crippen LogP contribution in [0.1, 0.15) is 30.4 Å². The lowest BCUT2D eigenvalue weighted by molar-refractivity contribution is 0.0587. The van der Waals surface area contributed by atoms with Gasteiger partial charge >= 0.3 is 5.97 Å². The third kappa shape index (κ3) is 1.95. The molecule has 0 atom stereocenters. The van der Waals surface area contributed by atoms with E-state index in [1.165, 1.54) is 7.11 Å². The van der Waals surface area contributed by atoms with Crippen LogP contribution < -0.4 is 0 Å². The average molecular weight is 297 g/mol. The Morgan fingerprint density at radius 3 is 2.76 bits per heavy atom. The number of esters is 1. The summed E-state index contributed by atoms with van der Waals surface area (Å²) in [6.45, 7) is 3.96. The van der Waals surface area contributed by atoms with Crippen LogP contribution in [0.5, 0.6) is 0 Å². The minimum Gasteiger partial charge on any atom is -0.464 e. The number of nitrogens with zero attached hydrogens (tertiary/aromatic N) is 2. The summed E-state index contributed by atoms with van der Waals surface area (Å²) in [6, 6.07) is 5.76. The van der Waals surface area contributed by atoms with Gasteiger partial charge in [-0.3, -0.25) is 4.68 Å². The predicted molar refractivity (Wildman–Crippen MR) is 69.2 cm³/mol. The van der Waals surface area contributed by atoms with Gasteiger partial charge < -0.3 is 4.74 Å². The van der Waals surface area contributed by atoms with Crippen molar-refractivity contribution in [1.82, 2.24) is 9.78 Å². The number of fused-ring (bicyclic) bond motifs is 1. The first-order chi connectivity index (χ1) is 8.06. The summed E-state index contributed by atoms with van der Waals surface area (Å²) in [5.41, 5.74) is 1.28. The van der Waals surface area contributed by atoms with Crippen molar-refractivity contribution in [2.24, 2.45) is 0 Å². The molecular formula is C12H13BrN2O2. The van der Waals surface area contributed by atoms with Gasteiger partial charge in [0.15, 0.2) is 5.69 Å². The average Bonchev–Trinajstić information content (AvgIpc) is 2.69. The largest absolute Gasteiger partial charge is 0.464 e. The third-order valence-electron chi connectivity index (χ3n) is 2.54. The molecule has 0 spiro atoms. The second-order valence-electron chi connectivity index (χ2n) is 4.01. The second-order valence-corrected chi connectivity index (χ2v) is 4.87. The van der Waals surface area contributed by atoms with E-state index in [0.29, 0.717) is 5.69 Å². The minimum atomic E-state index is -0.367. The Kier molecular flexibility index (Phi) is 3.19. The van der Waals surface area contributed by atoms with Crippen molar-refractivity contribution in [3.63, 3.8) is 0 Å². The Labute approximate surface area is 108 Å². The molecule has 5 heteroatoms. The van der Waals surface area contributed by atoms with Crippen molar-refractivity contribution in [2.45, 2.75) is 19.9 Å². The first-order valence-electron chi connectivity index (χ1n) is 5.31. The van der Waals surface area contributed by atoms with Crippen molar-refractivity contribution in [1.29, 1.82) is 0 Å². The fourth-order valence-corrected chi connectivity index (χ4v) is 2.32. The molecule has 0 saturated carbocycles. The number of hydrogen-bond acceptors (Lipinski definition) is 3. The first kappa shape index (κ1) is 12.1. The molecule has 17 heavy (non-hydrogen) atoms. The van der Waals surface area contributed by atoms with Crippen molar-refractivity contribution < 1.29 is 9.53 Å². The van der Waals surface area contributed by atoms with Crippen molar-refractivity contribution in [2.75, 3.05) is 7.11 Å². The van der Waals surface area contributed by atoms with Crippen molar-refractivity contribution >= 4 is 32.8 Å². The molecule has 4 nitrogen and oxygen atoms in total. The number of carbonyl (C=O) groups is 1. The molecule has 0 aliphatic rings. The molecule has 0 fully saturated rings. The number of hydrogen-bond donors (Lipinski definition) is 0. The Balaban J connectivity index is 2.83. The number of rotatable bonds is 2. The summed E-state index contributed by atoms with van der Waals surface area (Å²) in [5.74, 6) is -0.367. The Bertz CT molecular complexity index is 575. The van der Waals surface area contributed by atoms with E-state index in [4.69, 9.17) is 4.74 Å². The molecule has 0 N–H and O–H groups in total. The van der Waals surface area contributed by atoms with E-state index in [2.05, 4.69) is 21.0 Å². The number of carbonyl (C=O) groups excluding carboxylic acids is 1. The molecule has 0 aliphatic heterocycles. The SMILES string of the molecule is COC(=O)c1c2c(Br)cccc2nn1C(C)C. The number of methoxy groups -OCH3 is 1. The lowest BCUT2D eigenvalue weighted by Gasteiger charge is -2.09. The number of benzene rings is 1. The molecule has 0 saturated heterocycles. The van der Waals surface area contributed by atoms with Gasteiger partial charge in [0, 0.05) is 15.9 Å². The molecule has 0 radical (unpaired) electrons. The van der Waals surface area contributed by atoms with Gasteiger partial charge in [-0.2, -0.15) is 5.10 Å². The predicted octanol–water partition coefficient (Wildman–Crippen LogP) is 3.17. The van der Waals surface area contributed by atoms with E-state index in [9.17, 15) is 4.79 Å². The molecule has 1 heterocycles. The second kappa shape index (κ2) is 4.49. The highest BCUT2D eigenvalue weighted by Crippen LogP contribution is 2.29. The van der Waals surface area contributed by atoms with Crippen LogP contribution in [0.15, 0.2) is 22.7 Å².